The van der Waals surface area contributed by atoms with E-state index in [1.165, 1.54) is 12.0 Å². The van der Waals surface area contributed by atoms with E-state index in [1.54, 1.807) is 0 Å². The Morgan fingerprint density at radius 3 is 2.64 bits per heavy atom. The van der Waals surface area contributed by atoms with Crippen LogP contribution in [-0.2, 0) is 10.2 Å². The van der Waals surface area contributed by atoms with E-state index < -0.39 is 5.97 Å². The van der Waals surface area contributed by atoms with Gasteiger partial charge in [-0.15, -0.1) is 0 Å². The number of nitrogens with one attached hydrogen (secondary N) is 2. The van der Waals surface area contributed by atoms with Crippen molar-refractivity contribution in [2.45, 2.75) is 37.5 Å². The van der Waals surface area contributed by atoms with E-state index in [1.807, 2.05) is 12.1 Å². The van der Waals surface area contributed by atoms with Crippen LogP contribution in [0.4, 0.5) is 4.79 Å². The number of hydrogen-bond acceptors (Lipinski definition) is 2. The Hall–Kier alpha value is -1.56. The van der Waals surface area contributed by atoms with E-state index in [-0.39, 0.29) is 17.9 Å². The standard InChI is InChI=1S/C16H21BrN2O3/c17-13-5-1-4-12(10-13)16(7-3-8-16)11-19-15(22)18-9-2-6-14(20)21/h1,4-5,10H,2-3,6-9,11H2,(H,20,21)(H2,18,19,22). The first kappa shape index (κ1) is 16.8. The van der Waals surface area contributed by atoms with Crippen molar-refractivity contribution in [3.05, 3.63) is 34.3 Å². The number of hydrogen-bond donors (Lipinski definition) is 3. The van der Waals surface area contributed by atoms with Crippen LogP contribution in [0.15, 0.2) is 28.7 Å². The lowest BCUT2D eigenvalue weighted by atomic mass is 9.64. The lowest BCUT2D eigenvalue weighted by Gasteiger charge is -2.42. The Morgan fingerprint density at radius 2 is 2.05 bits per heavy atom. The molecule has 0 aliphatic heterocycles. The van der Waals surface area contributed by atoms with Crippen molar-refractivity contribution in [3.8, 4) is 0 Å². The molecule has 0 bridgehead atoms. The molecule has 5 nitrogen and oxygen atoms in total. The molecule has 120 valence electrons. The summed E-state index contributed by atoms with van der Waals surface area (Å²) in [5.74, 6) is -0.842. The first-order valence-corrected chi connectivity index (χ1v) is 8.31. The van der Waals surface area contributed by atoms with Crippen LogP contribution in [0.5, 0.6) is 0 Å². The molecule has 0 atom stereocenters. The molecular weight excluding hydrogens is 348 g/mol. The normalized spacial score (nSPS) is 15.7. The van der Waals surface area contributed by atoms with Gasteiger partial charge in [0.1, 0.15) is 0 Å². The van der Waals surface area contributed by atoms with E-state index >= 15 is 0 Å². The van der Waals surface area contributed by atoms with Gasteiger partial charge in [-0.1, -0.05) is 34.5 Å². The van der Waals surface area contributed by atoms with Crippen LogP contribution in [0.1, 0.15) is 37.7 Å². The molecule has 1 aromatic carbocycles. The fourth-order valence-corrected chi connectivity index (χ4v) is 3.14. The Bertz CT molecular complexity index is 544. The fraction of sp³-hybridized carbons (Fsp3) is 0.500. The Kier molecular flexibility index (Phi) is 5.83. The second-order valence-electron chi connectivity index (χ2n) is 5.75. The summed E-state index contributed by atoms with van der Waals surface area (Å²) < 4.78 is 1.05. The highest BCUT2D eigenvalue weighted by atomic mass is 79.9. The highest BCUT2D eigenvalue weighted by Crippen LogP contribution is 2.43. The molecule has 0 radical (unpaired) electrons. The molecule has 1 saturated carbocycles. The van der Waals surface area contributed by atoms with Gasteiger partial charge in [-0.2, -0.15) is 0 Å². The van der Waals surface area contributed by atoms with Gasteiger partial charge in [0.15, 0.2) is 0 Å². The maximum Gasteiger partial charge on any atom is 0.314 e. The second-order valence-corrected chi connectivity index (χ2v) is 6.67. The van der Waals surface area contributed by atoms with Crippen molar-refractivity contribution in [2.24, 2.45) is 0 Å². The predicted octanol–water partition coefficient (Wildman–Crippen LogP) is 3.03. The van der Waals surface area contributed by atoms with E-state index in [4.69, 9.17) is 5.11 Å². The van der Waals surface area contributed by atoms with Crippen molar-refractivity contribution in [1.82, 2.24) is 10.6 Å². The number of aliphatic carboxylic acids is 1. The summed E-state index contributed by atoms with van der Waals surface area (Å²) >= 11 is 3.49. The number of benzene rings is 1. The SMILES string of the molecule is O=C(O)CCCNC(=O)NCC1(c2cccc(Br)c2)CCC1. The van der Waals surface area contributed by atoms with Crippen molar-refractivity contribution < 1.29 is 14.7 Å². The molecule has 6 heteroatoms. The van der Waals surface area contributed by atoms with Crippen LogP contribution >= 0.6 is 15.9 Å². The van der Waals surface area contributed by atoms with Crippen LogP contribution in [0.2, 0.25) is 0 Å². The lowest BCUT2D eigenvalue weighted by Crippen LogP contribution is -2.48. The molecule has 22 heavy (non-hydrogen) atoms. The van der Waals surface area contributed by atoms with Crippen molar-refractivity contribution >= 4 is 27.9 Å². The summed E-state index contributed by atoms with van der Waals surface area (Å²) in [5.41, 5.74) is 1.28. The third kappa shape index (κ3) is 4.47. The molecule has 0 unspecified atom stereocenters. The van der Waals surface area contributed by atoms with Gasteiger partial charge in [-0.3, -0.25) is 4.79 Å². The van der Waals surface area contributed by atoms with Gasteiger partial charge < -0.3 is 15.7 Å². The minimum Gasteiger partial charge on any atom is -0.481 e. The fourth-order valence-electron chi connectivity index (χ4n) is 2.74. The number of carbonyl (C=O) groups excluding carboxylic acids is 1. The van der Waals surface area contributed by atoms with Crippen LogP contribution in [-0.4, -0.2) is 30.2 Å². The molecule has 1 aliphatic carbocycles. The maximum atomic E-state index is 11.8. The van der Waals surface area contributed by atoms with Gasteiger partial charge in [-0.05, 0) is 37.0 Å². The zero-order chi connectivity index (χ0) is 16.0. The van der Waals surface area contributed by atoms with E-state index in [0.29, 0.717) is 19.5 Å². The third-order valence-corrected chi connectivity index (χ3v) is 4.68. The number of amides is 2. The Labute approximate surface area is 138 Å². The number of carbonyl (C=O) groups is 2. The molecule has 0 heterocycles. The van der Waals surface area contributed by atoms with Gasteiger partial charge in [0.25, 0.3) is 0 Å². The number of urea groups is 1. The minimum atomic E-state index is -0.842. The topological polar surface area (TPSA) is 78.4 Å². The average molecular weight is 369 g/mol. The van der Waals surface area contributed by atoms with Crippen molar-refractivity contribution in [3.63, 3.8) is 0 Å². The summed E-state index contributed by atoms with van der Waals surface area (Å²) in [6, 6.07) is 8.01. The zero-order valence-electron chi connectivity index (χ0n) is 12.4. The zero-order valence-corrected chi connectivity index (χ0v) is 14.0. The van der Waals surface area contributed by atoms with Gasteiger partial charge in [0.2, 0.25) is 0 Å². The highest BCUT2D eigenvalue weighted by Gasteiger charge is 2.38. The number of halogens is 1. The summed E-state index contributed by atoms with van der Waals surface area (Å²) in [6.45, 7) is 0.982. The highest BCUT2D eigenvalue weighted by molar-refractivity contribution is 9.10. The molecule has 0 aromatic heterocycles. The van der Waals surface area contributed by atoms with Crippen LogP contribution in [0.3, 0.4) is 0 Å². The van der Waals surface area contributed by atoms with Crippen LogP contribution in [0.25, 0.3) is 0 Å². The molecule has 1 aliphatic rings. The van der Waals surface area contributed by atoms with Crippen molar-refractivity contribution in [2.75, 3.05) is 13.1 Å². The Morgan fingerprint density at radius 1 is 1.27 bits per heavy atom. The smallest absolute Gasteiger partial charge is 0.314 e. The van der Waals surface area contributed by atoms with E-state index in [2.05, 4.69) is 38.7 Å². The van der Waals surface area contributed by atoms with Gasteiger partial charge in [0.05, 0.1) is 0 Å². The molecule has 2 amide bonds. The van der Waals surface area contributed by atoms with Crippen LogP contribution < -0.4 is 10.6 Å². The molecule has 2 rings (SSSR count). The maximum absolute atomic E-state index is 11.8. The van der Waals surface area contributed by atoms with Gasteiger partial charge in [-0.25, -0.2) is 4.79 Å². The second kappa shape index (κ2) is 7.63. The quantitative estimate of drug-likeness (QED) is 0.647. The van der Waals surface area contributed by atoms with E-state index in [0.717, 1.165) is 17.3 Å². The first-order valence-electron chi connectivity index (χ1n) is 7.51. The molecule has 1 aromatic rings. The van der Waals surface area contributed by atoms with Crippen molar-refractivity contribution in [1.29, 1.82) is 0 Å². The predicted molar refractivity (Wildman–Crippen MR) is 87.9 cm³/mol. The minimum absolute atomic E-state index is 0.0299. The van der Waals surface area contributed by atoms with Gasteiger partial charge in [0, 0.05) is 29.4 Å². The summed E-state index contributed by atoms with van der Waals surface area (Å²) in [6.07, 6.45) is 3.84. The number of carboxylic acid groups (broad SMARTS) is 1. The largest absolute Gasteiger partial charge is 0.481 e. The molecule has 0 saturated heterocycles. The number of rotatable bonds is 7. The van der Waals surface area contributed by atoms with Gasteiger partial charge >= 0.3 is 12.0 Å². The van der Waals surface area contributed by atoms with E-state index in [9.17, 15) is 9.59 Å². The number of carboxylic acids is 1. The first-order chi connectivity index (χ1) is 10.5. The molecule has 0 spiro atoms. The molecule has 3 N–H and O–H groups in total. The molecular formula is C16H21BrN2O3. The monoisotopic (exact) mass is 368 g/mol. The summed E-state index contributed by atoms with van der Waals surface area (Å²) in [4.78, 5) is 22.2. The van der Waals surface area contributed by atoms with Crippen LogP contribution in [0, 0.1) is 0 Å². The third-order valence-electron chi connectivity index (χ3n) is 4.19. The molecule has 1 fully saturated rings. The summed E-state index contributed by atoms with van der Waals surface area (Å²) in [5, 5.41) is 14.2. The Balaban J connectivity index is 1.81. The summed E-state index contributed by atoms with van der Waals surface area (Å²) in [7, 11) is 0. The lowest BCUT2D eigenvalue weighted by molar-refractivity contribution is -0.137. The average Bonchev–Trinajstić information content (AvgIpc) is 2.42.